The van der Waals surface area contributed by atoms with Crippen molar-refractivity contribution in [2.75, 3.05) is 39.3 Å². The van der Waals surface area contributed by atoms with Gasteiger partial charge in [-0.25, -0.2) is 4.98 Å². The smallest absolute Gasteiger partial charge is 0.322 e. The Morgan fingerprint density at radius 2 is 1.81 bits per heavy atom. The molecule has 1 aromatic carbocycles. The molecular weight excluding hydrogens is 336 g/mol. The first kappa shape index (κ1) is 18.1. The van der Waals surface area contributed by atoms with E-state index < -0.39 is 5.97 Å². The highest BCUT2D eigenvalue weighted by Crippen LogP contribution is 2.20. The van der Waals surface area contributed by atoms with Crippen LogP contribution in [0, 0.1) is 0 Å². The molecule has 138 valence electrons. The fraction of sp³-hybridized carbons (Fsp3) is 0.389. The van der Waals surface area contributed by atoms with E-state index in [4.69, 9.17) is 9.52 Å². The zero-order valence-corrected chi connectivity index (χ0v) is 14.4. The number of benzene rings is 1. The molecule has 0 radical (unpaired) electrons. The highest BCUT2D eigenvalue weighted by Gasteiger charge is 2.20. The molecule has 26 heavy (non-hydrogen) atoms. The molecule has 0 saturated carbocycles. The molecular formula is C18H22N4O4. The van der Waals surface area contributed by atoms with Gasteiger partial charge in [0.25, 0.3) is 0 Å². The average Bonchev–Trinajstić information content (AvgIpc) is 3.11. The summed E-state index contributed by atoms with van der Waals surface area (Å²) in [5.74, 6) is 0.135. The fourth-order valence-electron chi connectivity index (χ4n) is 2.85. The van der Waals surface area contributed by atoms with Crippen LogP contribution in [0.25, 0.3) is 11.3 Å². The van der Waals surface area contributed by atoms with Crippen LogP contribution in [0.2, 0.25) is 0 Å². The van der Waals surface area contributed by atoms with Crippen molar-refractivity contribution in [2.45, 2.75) is 6.54 Å². The number of carboxylic acid groups (broad SMARTS) is 1. The van der Waals surface area contributed by atoms with Crippen molar-refractivity contribution in [1.29, 1.82) is 0 Å². The van der Waals surface area contributed by atoms with E-state index >= 15 is 0 Å². The van der Waals surface area contributed by atoms with Crippen LogP contribution in [0.4, 0.5) is 0 Å². The van der Waals surface area contributed by atoms with Crippen molar-refractivity contribution in [3.05, 3.63) is 42.4 Å². The number of aliphatic carboxylic acids is 1. The molecule has 1 saturated heterocycles. The summed E-state index contributed by atoms with van der Waals surface area (Å²) in [6.45, 7) is 3.60. The highest BCUT2D eigenvalue weighted by molar-refractivity contribution is 5.82. The number of amides is 1. The molecule has 8 nitrogen and oxygen atoms in total. The Labute approximate surface area is 151 Å². The Morgan fingerprint density at radius 1 is 1.12 bits per heavy atom. The minimum absolute atomic E-state index is 0.221. The molecule has 3 rings (SSSR count). The minimum Gasteiger partial charge on any atom is -0.480 e. The summed E-state index contributed by atoms with van der Waals surface area (Å²) in [5, 5.41) is 10.9. The number of nitrogens with zero attached hydrogens (tertiary/aromatic N) is 3. The quantitative estimate of drug-likeness (QED) is 0.750. The summed E-state index contributed by atoms with van der Waals surface area (Å²) in [6, 6.07) is 9.85. The lowest BCUT2D eigenvalue weighted by molar-refractivity contribution is -0.138. The van der Waals surface area contributed by atoms with E-state index in [2.05, 4.69) is 15.2 Å². The number of hydrogen-bond donors (Lipinski definition) is 2. The molecule has 1 fully saturated rings. The minimum atomic E-state index is -1.04. The van der Waals surface area contributed by atoms with Crippen LogP contribution in [0.1, 0.15) is 5.89 Å². The van der Waals surface area contributed by atoms with E-state index in [-0.39, 0.29) is 19.0 Å². The van der Waals surface area contributed by atoms with E-state index in [0.29, 0.717) is 12.4 Å². The standard InChI is InChI=1S/C18H22N4O4/c23-16(19-11-18(24)25)12-21-6-8-22(9-7-21)13-17-20-10-15(26-17)14-4-2-1-3-5-14/h1-5,10H,6-9,11-13H2,(H,19,23)(H,24,25). The number of rotatable bonds is 7. The van der Waals surface area contributed by atoms with Crippen LogP contribution in [0.5, 0.6) is 0 Å². The van der Waals surface area contributed by atoms with Gasteiger partial charge in [-0.05, 0) is 0 Å². The van der Waals surface area contributed by atoms with E-state index in [1.807, 2.05) is 35.2 Å². The summed E-state index contributed by atoms with van der Waals surface area (Å²) in [6.07, 6.45) is 1.74. The third-order valence-electron chi connectivity index (χ3n) is 4.24. The number of oxazole rings is 1. The summed E-state index contributed by atoms with van der Waals surface area (Å²) in [7, 11) is 0. The lowest BCUT2D eigenvalue weighted by Crippen LogP contribution is -2.49. The molecule has 0 aliphatic carbocycles. The second-order valence-corrected chi connectivity index (χ2v) is 6.21. The molecule has 1 aromatic heterocycles. The van der Waals surface area contributed by atoms with Gasteiger partial charge in [-0.15, -0.1) is 0 Å². The first-order valence-corrected chi connectivity index (χ1v) is 8.53. The number of hydrogen-bond acceptors (Lipinski definition) is 6. The highest BCUT2D eigenvalue weighted by atomic mass is 16.4. The summed E-state index contributed by atoms with van der Waals surface area (Å²) in [4.78, 5) is 30.7. The number of carboxylic acids is 1. The van der Waals surface area contributed by atoms with Crippen LogP contribution >= 0.6 is 0 Å². The van der Waals surface area contributed by atoms with Crippen molar-refractivity contribution >= 4 is 11.9 Å². The lowest BCUT2D eigenvalue weighted by Gasteiger charge is -2.33. The molecule has 8 heteroatoms. The fourth-order valence-corrected chi connectivity index (χ4v) is 2.85. The Hall–Kier alpha value is -2.71. The van der Waals surface area contributed by atoms with Gasteiger partial charge in [-0.2, -0.15) is 0 Å². The van der Waals surface area contributed by atoms with Gasteiger partial charge in [0, 0.05) is 31.7 Å². The van der Waals surface area contributed by atoms with Gasteiger partial charge in [0.1, 0.15) is 6.54 Å². The molecule has 1 aliphatic rings. The van der Waals surface area contributed by atoms with Gasteiger partial charge < -0.3 is 14.8 Å². The lowest BCUT2D eigenvalue weighted by atomic mass is 10.2. The summed E-state index contributed by atoms with van der Waals surface area (Å²) >= 11 is 0. The van der Waals surface area contributed by atoms with Crippen molar-refractivity contribution in [2.24, 2.45) is 0 Å². The van der Waals surface area contributed by atoms with Gasteiger partial charge >= 0.3 is 5.97 Å². The summed E-state index contributed by atoms with van der Waals surface area (Å²) in [5.41, 5.74) is 1.00. The predicted octanol–water partition coefficient (Wildman–Crippen LogP) is 0.660. The van der Waals surface area contributed by atoms with Gasteiger partial charge in [0.2, 0.25) is 11.8 Å². The first-order valence-electron chi connectivity index (χ1n) is 8.53. The topological polar surface area (TPSA) is 98.9 Å². The molecule has 0 bridgehead atoms. The van der Waals surface area contributed by atoms with E-state index in [1.54, 1.807) is 6.20 Å². The van der Waals surface area contributed by atoms with E-state index in [0.717, 1.165) is 37.5 Å². The van der Waals surface area contributed by atoms with Crippen LogP contribution < -0.4 is 5.32 Å². The zero-order chi connectivity index (χ0) is 18.4. The molecule has 2 N–H and O–H groups in total. The van der Waals surface area contributed by atoms with Crippen LogP contribution in [0.3, 0.4) is 0 Å². The average molecular weight is 358 g/mol. The number of carbonyl (C=O) groups is 2. The van der Waals surface area contributed by atoms with Crippen molar-refractivity contribution in [3.8, 4) is 11.3 Å². The number of piperazine rings is 1. The summed E-state index contributed by atoms with van der Waals surface area (Å²) < 4.78 is 5.83. The molecule has 0 spiro atoms. The maximum Gasteiger partial charge on any atom is 0.322 e. The molecule has 1 amide bonds. The second kappa shape index (κ2) is 8.59. The molecule has 0 unspecified atom stereocenters. The number of carbonyl (C=O) groups excluding carboxylic acids is 1. The molecule has 2 aromatic rings. The Kier molecular flexibility index (Phi) is 5.98. The maximum absolute atomic E-state index is 11.7. The van der Waals surface area contributed by atoms with E-state index in [1.165, 1.54) is 0 Å². The van der Waals surface area contributed by atoms with Crippen LogP contribution in [-0.4, -0.2) is 71.0 Å². The SMILES string of the molecule is O=C(O)CNC(=O)CN1CCN(Cc2ncc(-c3ccccc3)o2)CC1. The largest absolute Gasteiger partial charge is 0.480 e. The van der Waals surface area contributed by atoms with Crippen molar-refractivity contribution in [3.63, 3.8) is 0 Å². The predicted molar refractivity (Wildman–Crippen MR) is 94.3 cm³/mol. The van der Waals surface area contributed by atoms with Crippen molar-refractivity contribution < 1.29 is 19.1 Å². The zero-order valence-electron chi connectivity index (χ0n) is 14.4. The first-order chi connectivity index (χ1) is 12.6. The monoisotopic (exact) mass is 358 g/mol. The Balaban J connectivity index is 1.44. The van der Waals surface area contributed by atoms with Gasteiger partial charge in [-0.1, -0.05) is 30.3 Å². The molecule has 0 atom stereocenters. The van der Waals surface area contributed by atoms with Gasteiger partial charge in [0.15, 0.2) is 5.76 Å². The Morgan fingerprint density at radius 3 is 2.50 bits per heavy atom. The normalized spacial score (nSPS) is 15.7. The maximum atomic E-state index is 11.7. The Bertz CT molecular complexity index is 739. The third-order valence-corrected chi connectivity index (χ3v) is 4.24. The van der Waals surface area contributed by atoms with Crippen LogP contribution in [-0.2, 0) is 16.1 Å². The molecule has 1 aliphatic heterocycles. The third kappa shape index (κ3) is 5.14. The van der Waals surface area contributed by atoms with Crippen molar-refractivity contribution in [1.82, 2.24) is 20.1 Å². The number of aromatic nitrogens is 1. The second-order valence-electron chi connectivity index (χ2n) is 6.21. The molecule has 2 heterocycles. The number of nitrogens with one attached hydrogen (secondary N) is 1. The van der Waals surface area contributed by atoms with Crippen LogP contribution in [0.15, 0.2) is 40.9 Å². The van der Waals surface area contributed by atoms with Gasteiger partial charge in [-0.3, -0.25) is 19.4 Å². The van der Waals surface area contributed by atoms with E-state index in [9.17, 15) is 9.59 Å². The van der Waals surface area contributed by atoms with Gasteiger partial charge in [0.05, 0.1) is 19.3 Å².